The zero-order chi connectivity index (χ0) is 9.84. The Morgan fingerprint density at radius 1 is 1.23 bits per heavy atom. The summed E-state index contributed by atoms with van der Waals surface area (Å²) in [6.45, 7) is 3.97. The molecule has 13 heavy (non-hydrogen) atoms. The van der Waals surface area contributed by atoms with Crippen LogP contribution < -0.4 is 0 Å². The van der Waals surface area contributed by atoms with Crippen LogP contribution in [0.25, 0.3) is 0 Å². The van der Waals surface area contributed by atoms with Crippen molar-refractivity contribution in [1.29, 1.82) is 5.26 Å². The molecule has 1 aromatic rings. The van der Waals surface area contributed by atoms with E-state index in [4.69, 9.17) is 5.26 Å². The summed E-state index contributed by atoms with van der Waals surface area (Å²) in [5.41, 5.74) is 0.888. The summed E-state index contributed by atoms with van der Waals surface area (Å²) >= 11 is 0. The van der Waals surface area contributed by atoms with Gasteiger partial charge in [-0.3, -0.25) is 0 Å². The molecule has 0 aliphatic rings. The molecule has 0 fully saturated rings. The molecular formula is C11H12FN. The van der Waals surface area contributed by atoms with E-state index in [1.165, 1.54) is 12.1 Å². The Kier molecular flexibility index (Phi) is 3.02. The Hall–Kier alpha value is -1.36. The van der Waals surface area contributed by atoms with E-state index in [1.807, 2.05) is 13.8 Å². The summed E-state index contributed by atoms with van der Waals surface area (Å²) in [6.07, 6.45) is 0. The molecule has 2 heteroatoms. The summed E-state index contributed by atoms with van der Waals surface area (Å²) in [7, 11) is 0. The van der Waals surface area contributed by atoms with E-state index in [-0.39, 0.29) is 17.7 Å². The highest BCUT2D eigenvalue weighted by atomic mass is 19.1. The van der Waals surface area contributed by atoms with Crippen LogP contribution in [0.2, 0.25) is 0 Å². The van der Waals surface area contributed by atoms with Crippen LogP contribution in [0.15, 0.2) is 24.3 Å². The fraction of sp³-hybridized carbons (Fsp3) is 0.364. The Morgan fingerprint density at radius 3 is 2.15 bits per heavy atom. The maximum absolute atomic E-state index is 12.6. The highest BCUT2D eigenvalue weighted by molar-refractivity contribution is 5.25. The molecule has 0 amide bonds. The molecule has 1 rings (SSSR count). The standard InChI is InChI=1S/C11H12FN/c1-8(2)11(7-13)9-3-5-10(12)6-4-9/h3-6,8,11H,1-2H3/t11-/m1/s1. The first-order valence-corrected chi connectivity index (χ1v) is 4.30. The lowest BCUT2D eigenvalue weighted by atomic mass is 9.90. The molecule has 1 aromatic carbocycles. The Labute approximate surface area is 77.8 Å². The lowest BCUT2D eigenvalue weighted by Crippen LogP contribution is -2.03. The number of hydrogen-bond donors (Lipinski definition) is 0. The van der Waals surface area contributed by atoms with Crippen LogP contribution >= 0.6 is 0 Å². The van der Waals surface area contributed by atoms with Crippen LogP contribution in [0.1, 0.15) is 25.3 Å². The maximum atomic E-state index is 12.6. The van der Waals surface area contributed by atoms with Crippen LogP contribution in [0.3, 0.4) is 0 Å². The van der Waals surface area contributed by atoms with Gasteiger partial charge in [-0.2, -0.15) is 5.26 Å². The minimum atomic E-state index is -0.260. The molecule has 0 aliphatic heterocycles. The second-order valence-corrected chi connectivity index (χ2v) is 3.40. The highest BCUT2D eigenvalue weighted by Crippen LogP contribution is 2.23. The van der Waals surface area contributed by atoms with Gasteiger partial charge >= 0.3 is 0 Å². The molecule has 0 heterocycles. The fourth-order valence-corrected chi connectivity index (χ4v) is 1.28. The van der Waals surface area contributed by atoms with Crippen molar-refractivity contribution in [2.45, 2.75) is 19.8 Å². The summed E-state index contributed by atoms with van der Waals surface area (Å²) < 4.78 is 12.6. The van der Waals surface area contributed by atoms with Crippen molar-refractivity contribution in [2.75, 3.05) is 0 Å². The second-order valence-electron chi connectivity index (χ2n) is 3.40. The zero-order valence-electron chi connectivity index (χ0n) is 7.79. The van der Waals surface area contributed by atoms with Gasteiger partial charge in [0.2, 0.25) is 0 Å². The molecule has 1 nitrogen and oxygen atoms in total. The van der Waals surface area contributed by atoms with Gasteiger partial charge in [0.05, 0.1) is 12.0 Å². The van der Waals surface area contributed by atoms with Gasteiger partial charge in [0.15, 0.2) is 0 Å². The Balaban J connectivity index is 2.94. The lowest BCUT2D eigenvalue weighted by Gasteiger charge is -2.12. The van der Waals surface area contributed by atoms with E-state index in [9.17, 15) is 4.39 Å². The largest absolute Gasteiger partial charge is 0.207 e. The number of halogens is 1. The third-order valence-electron chi connectivity index (χ3n) is 2.03. The normalized spacial score (nSPS) is 12.5. The first-order valence-electron chi connectivity index (χ1n) is 4.30. The van der Waals surface area contributed by atoms with Gasteiger partial charge in [0.25, 0.3) is 0 Å². The van der Waals surface area contributed by atoms with Crippen molar-refractivity contribution in [3.8, 4) is 6.07 Å². The monoisotopic (exact) mass is 177 g/mol. The number of nitrogens with zero attached hydrogens (tertiary/aromatic N) is 1. The van der Waals surface area contributed by atoms with Crippen LogP contribution in [0.4, 0.5) is 4.39 Å². The molecule has 0 radical (unpaired) electrons. The Bertz CT molecular complexity index is 308. The van der Waals surface area contributed by atoms with Crippen molar-refractivity contribution in [3.05, 3.63) is 35.6 Å². The van der Waals surface area contributed by atoms with E-state index in [0.717, 1.165) is 5.56 Å². The molecule has 0 bridgehead atoms. The molecule has 0 saturated carbocycles. The summed E-state index contributed by atoms with van der Waals surface area (Å²) in [5, 5.41) is 8.88. The first-order chi connectivity index (χ1) is 6.15. The fourth-order valence-electron chi connectivity index (χ4n) is 1.28. The SMILES string of the molecule is CC(C)[C@@H](C#N)c1ccc(F)cc1. The molecule has 0 spiro atoms. The number of hydrogen-bond acceptors (Lipinski definition) is 1. The molecule has 68 valence electrons. The number of benzene rings is 1. The van der Waals surface area contributed by atoms with E-state index >= 15 is 0 Å². The summed E-state index contributed by atoms with van der Waals surface area (Å²) in [6, 6.07) is 8.34. The molecule has 0 N–H and O–H groups in total. The molecule has 0 saturated heterocycles. The van der Waals surface area contributed by atoms with Gasteiger partial charge in [0, 0.05) is 0 Å². The van der Waals surface area contributed by atoms with E-state index in [1.54, 1.807) is 12.1 Å². The van der Waals surface area contributed by atoms with E-state index < -0.39 is 0 Å². The third-order valence-corrected chi connectivity index (χ3v) is 2.03. The van der Waals surface area contributed by atoms with Crippen LogP contribution in [0, 0.1) is 23.1 Å². The molecule has 0 unspecified atom stereocenters. The second kappa shape index (κ2) is 4.04. The maximum Gasteiger partial charge on any atom is 0.123 e. The summed E-state index contributed by atoms with van der Waals surface area (Å²) in [5.74, 6) is -0.139. The van der Waals surface area contributed by atoms with Crippen LogP contribution in [-0.4, -0.2) is 0 Å². The topological polar surface area (TPSA) is 23.8 Å². The van der Waals surface area contributed by atoms with Gasteiger partial charge in [-0.1, -0.05) is 26.0 Å². The van der Waals surface area contributed by atoms with E-state index in [2.05, 4.69) is 6.07 Å². The van der Waals surface area contributed by atoms with Gasteiger partial charge in [0.1, 0.15) is 5.82 Å². The molecule has 0 aromatic heterocycles. The average Bonchev–Trinajstić information content (AvgIpc) is 2.09. The van der Waals surface area contributed by atoms with Crippen molar-refractivity contribution >= 4 is 0 Å². The number of rotatable bonds is 2. The third kappa shape index (κ3) is 2.29. The Morgan fingerprint density at radius 2 is 1.77 bits per heavy atom. The molecular weight excluding hydrogens is 165 g/mol. The van der Waals surface area contributed by atoms with Crippen LogP contribution in [0.5, 0.6) is 0 Å². The van der Waals surface area contributed by atoms with Crippen molar-refractivity contribution < 1.29 is 4.39 Å². The predicted molar refractivity (Wildman–Crippen MR) is 49.6 cm³/mol. The predicted octanol–water partition coefficient (Wildman–Crippen LogP) is 3.09. The van der Waals surface area contributed by atoms with Crippen molar-refractivity contribution in [2.24, 2.45) is 5.92 Å². The molecule has 0 aliphatic carbocycles. The van der Waals surface area contributed by atoms with Gasteiger partial charge in [-0.05, 0) is 23.6 Å². The van der Waals surface area contributed by atoms with Gasteiger partial charge in [-0.25, -0.2) is 4.39 Å². The minimum absolute atomic E-state index is 0.138. The quantitative estimate of drug-likeness (QED) is 0.681. The average molecular weight is 177 g/mol. The highest BCUT2D eigenvalue weighted by Gasteiger charge is 2.14. The smallest absolute Gasteiger partial charge is 0.123 e. The number of nitriles is 1. The van der Waals surface area contributed by atoms with Crippen LogP contribution in [-0.2, 0) is 0 Å². The van der Waals surface area contributed by atoms with Crippen molar-refractivity contribution in [1.82, 2.24) is 0 Å². The minimum Gasteiger partial charge on any atom is -0.207 e. The zero-order valence-corrected chi connectivity index (χ0v) is 7.79. The summed E-state index contributed by atoms with van der Waals surface area (Å²) in [4.78, 5) is 0. The van der Waals surface area contributed by atoms with E-state index in [0.29, 0.717) is 0 Å². The first kappa shape index (κ1) is 9.73. The van der Waals surface area contributed by atoms with Gasteiger partial charge < -0.3 is 0 Å². The van der Waals surface area contributed by atoms with Gasteiger partial charge in [-0.15, -0.1) is 0 Å². The van der Waals surface area contributed by atoms with Crippen molar-refractivity contribution in [3.63, 3.8) is 0 Å². The molecule has 1 atom stereocenters. The lowest BCUT2D eigenvalue weighted by molar-refractivity contribution is 0.583.